The van der Waals surface area contributed by atoms with Gasteiger partial charge in [-0.25, -0.2) is 4.98 Å². The molecule has 0 aromatic carbocycles. The van der Waals surface area contributed by atoms with Gasteiger partial charge >= 0.3 is 0 Å². The first kappa shape index (κ1) is 14.3. The average molecular weight is 261 g/mol. The van der Waals surface area contributed by atoms with Gasteiger partial charge in [-0.05, 0) is 56.6 Å². The maximum Gasteiger partial charge on any atom is 0.128 e. The summed E-state index contributed by atoms with van der Waals surface area (Å²) in [6.45, 7) is 4.39. The SMILES string of the molecule is CC(N)Cc1ccc(N(C)C2CCC(C)CC2)nc1. The summed E-state index contributed by atoms with van der Waals surface area (Å²) in [5.41, 5.74) is 7.04. The van der Waals surface area contributed by atoms with Crippen molar-refractivity contribution in [1.82, 2.24) is 4.98 Å². The van der Waals surface area contributed by atoms with Crippen molar-refractivity contribution in [3.63, 3.8) is 0 Å². The lowest BCUT2D eigenvalue weighted by Crippen LogP contribution is -2.35. The summed E-state index contributed by atoms with van der Waals surface area (Å²) < 4.78 is 0. The Morgan fingerprint density at radius 1 is 1.32 bits per heavy atom. The minimum absolute atomic E-state index is 0.199. The van der Waals surface area contributed by atoms with Crippen molar-refractivity contribution in [2.24, 2.45) is 11.7 Å². The van der Waals surface area contributed by atoms with Gasteiger partial charge in [0.2, 0.25) is 0 Å². The van der Waals surface area contributed by atoms with Crippen LogP contribution in [0.1, 0.15) is 45.1 Å². The average Bonchev–Trinajstić information content (AvgIpc) is 2.39. The number of hydrogen-bond donors (Lipinski definition) is 1. The molecule has 1 aromatic heterocycles. The van der Waals surface area contributed by atoms with Crippen LogP contribution in [0, 0.1) is 5.92 Å². The number of anilines is 1. The lowest BCUT2D eigenvalue weighted by molar-refractivity contribution is 0.340. The van der Waals surface area contributed by atoms with E-state index < -0.39 is 0 Å². The van der Waals surface area contributed by atoms with Crippen molar-refractivity contribution >= 4 is 5.82 Å². The Morgan fingerprint density at radius 2 is 2.00 bits per heavy atom. The summed E-state index contributed by atoms with van der Waals surface area (Å²) in [7, 11) is 2.17. The zero-order chi connectivity index (χ0) is 13.8. The summed E-state index contributed by atoms with van der Waals surface area (Å²) in [6, 6.07) is 5.15. The van der Waals surface area contributed by atoms with Gasteiger partial charge in [0, 0.05) is 25.3 Å². The van der Waals surface area contributed by atoms with Gasteiger partial charge in [-0.3, -0.25) is 0 Å². The van der Waals surface area contributed by atoms with E-state index in [1.165, 1.54) is 31.2 Å². The molecule has 19 heavy (non-hydrogen) atoms. The molecule has 1 aliphatic rings. The summed E-state index contributed by atoms with van der Waals surface area (Å²) in [5.74, 6) is 1.99. The second-order valence-corrected chi connectivity index (χ2v) is 6.23. The van der Waals surface area contributed by atoms with E-state index in [0.717, 1.165) is 18.2 Å². The van der Waals surface area contributed by atoms with Gasteiger partial charge in [0.15, 0.2) is 0 Å². The summed E-state index contributed by atoms with van der Waals surface area (Å²) in [6.07, 6.45) is 8.15. The molecule has 1 heterocycles. The summed E-state index contributed by atoms with van der Waals surface area (Å²) in [4.78, 5) is 6.95. The molecule has 2 rings (SSSR count). The quantitative estimate of drug-likeness (QED) is 0.906. The first-order chi connectivity index (χ1) is 9.06. The number of hydrogen-bond acceptors (Lipinski definition) is 3. The number of rotatable bonds is 4. The van der Waals surface area contributed by atoms with Gasteiger partial charge in [0.25, 0.3) is 0 Å². The monoisotopic (exact) mass is 261 g/mol. The van der Waals surface area contributed by atoms with E-state index in [-0.39, 0.29) is 6.04 Å². The van der Waals surface area contributed by atoms with Gasteiger partial charge in [0.1, 0.15) is 5.82 Å². The lowest BCUT2D eigenvalue weighted by atomic mass is 9.87. The minimum Gasteiger partial charge on any atom is -0.357 e. The van der Waals surface area contributed by atoms with E-state index in [1.54, 1.807) is 0 Å². The number of aromatic nitrogens is 1. The summed E-state index contributed by atoms with van der Waals surface area (Å²) in [5, 5.41) is 0. The van der Waals surface area contributed by atoms with E-state index in [1.807, 2.05) is 13.1 Å². The van der Waals surface area contributed by atoms with Gasteiger partial charge in [-0.1, -0.05) is 13.0 Å². The molecule has 1 atom stereocenters. The van der Waals surface area contributed by atoms with Crippen LogP contribution in [-0.4, -0.2) is 24.1 Å². The van der Waals surface area contributed by atoms with Crippen molar-refractivity contribution < 1.29 is 0 Å². The second-order valence-electron chi connectivity index (χ2n) is 6.23. The fourth-order valence-electron chi connectivity index (χ4n) is 2.93. The number of nitrogens with zero attached hydrogens (tertiary/aromatic N) is 2. The molecule has 0 amide bonds. The van der Waals surface area contributed by atoms with Crippen molar-refractivity contribution in [1.29, 1.82) is 0 Å². The van der Waals surface area contributed by atoms with Crippen LogP contribution in [-0.2, 0) is 6.42 Å². The molecule has 1 aliphatic carbocycles. The van der Waals surface area contributed by atoms with Crippen molar-refractivity contribution in [2.45, 2.75) is 58.0 Å². The molecule has 2 N–H and O–H groups in total. The van der Waals surface area contributed by atoms with Crippen LogP contribution in [0.4, 0.5) is 5.82 Å². The van der Waals surface area contributed by atoms with Gasteiger partial charge < -0.3 is 10.6 Å². The van der Waals surface area contributed by atoms with Crippen LogP contribution >= 0.6 is 0 Å². The first-order valence-electron chi connectivity index (χ1n) is 7.49. The predicted molar refractivity (Wildman–Crippen MR) is 81.4 cm³/mol. The van der Waals surface area contributed by atoms with Crippen LogP contribution in [0.15, 0.2) is 18.3 Å². The van der Waals surface area contributed by atoms with Crippen LogP contribution in [0.5, 0.6) is 0 Å². The molecule has 0 aliphatic heterocycles. The number of nitrogens with two attached hydrogens (primary N) is 1. The van der Waals surface area contributed by atoms with Crippen molar-refractivity contribution in [2.75, 3.05) is 11.9 Å². The Labute approximate surface area is 117 Å². The molecule has 1 saturated carbocycles. The van der Waals surface area contributed by atoms with E-state index >= 15 is 0 Å². The van der Waals surface area contributed by atoms with Crippen LogP contribution in [0.3, 0.4) is 0 Å². The van der Waals surface area contributed by atoms with Crippen molar-refractivity contribution in [3.05, 3.63) is 23.9 Å². The largest absolute Gasteiger partial charge is 0.357 e. The highest BCUT2D eigenvalue weighted by Gasteiger charge is 2.22. The van der Waals surface area contributed by atoms with Crippen molar-refractivity contribution in [3.8, 4) is 0 Å². The maximum atomic E-state index is 5.81. The summed E-state index contributed by atoms with van der Waals surface area (Å²) >= 11 is 0. The Bertz CT molecular complexity index is 377. The molecule has 3 heteroatoms. The van der Waals surface area contributed by atoms with E-state index in [4.69, 9.17) is 5.73 Å². The smallest absolute Gasteiger partial charge is 0.128 e. The third-order valence-corrected chi connectivity index (χ3v) is 4.26. The Balaban J connectivity index is 1.97. The van der Waals surface area contributed by atoms with Crippen LogP contribution in [0.25, 0.3) is 0 Å². The molecule has 1 fully saturated rings. The van der Waals surface area contributed by atoms with Gasteiger partial charge in [0.05, 0.1) is 0 Å². The molecular weight excluding hydrogens is 234 g/mol. The van der Waals surface area contributed by atoms with E-state index in [9.17, 15) is 0 Å². The molecule has 106 valence electrons. The fourth-order valence-corrected chi connectivity index (χ4v) is 2.93. The fraction of sp³-hybridized carbons (Fsp3) is 0.688. The maximum absolute atomic E-state index is 5.81. The Hall–Kier alpha value is -1.09. The third kappa shape index (κ3) is 3.93. The Kier molecular flexibility index (Phi) is 4.81. The highest BCUT2D eigenvalue weighted by atomic mass is 15.2. The van der Waals surface area contributed by atoms with Crippen LogP contribution in [0.2, 0.25) is 0 Å². The standard InChI is InChI=1S/C16H27N3/c1-12-4-7-15(8-5-12)19(3)16-9-6-14(11-18-16)10-13(2)17/h6,9,11-13,15H,4-5,7-8,10,17H2,1-3H3. The van der Waals surface area contributed by atoms with E-state index in [0.29, 0.717) is 6.04 Å². The highest BCUT2D eigenvalue weighted by Crippen LogP contribution is 2.28. The molecular formula is C16H27N3. The molecule has 0 bridgehead atoms. The normalized spacial score (nSPS) is 25.1. The molecule has 0 saturated heterocycles. The predicted octanol–water partition coefficient (Wildman–Crippen LogP) is 2.99. The molecule has 1 unspecified atom stereocenters. The van der Waals surface area contributed by atoms with E-state index in [2.05, 4.69) is 36.0 Å². The number of pyridine rings is 1. The second kappa shape index (κ2) is 6.38. The zero-order valence-corrected chi connectivity index (χ0v) is 12.5. The highest BCUT2D eigenvalue weighted by molar-refractivity contribution is 5.39. The molecule has 0 radical (unpaired) electrons. The molecule has 1 aromatic rings. The third-order valence-electron chi connectivity index (χ3n) is 4.26. The zero-order valence-electron chi connectivity index (χ0n) is 12.5. The first-order valence-corrected chi connectivity index (χ1v) is 7.49. The van der Waals surface area contributed by atoms with Crippen LogP contribution < -0.4 is 10.6 Å². The topological polar surface area (TPSA) is 42.1 Å². The van der Waals surface area contributed by atoms with Gasteiger partial charge in [-0.2, -0.15) is 0 Å². The molecule has 0 spiro atoms. The Morgan fingerprint density at radius 3 is 2.53 bits per heavy atom. The minimum atomic E-state index is 0.199. The lowest BCUT2D eigenvalue weighted by Gasteiger charge is -2.34. The molecule has 3 nitrogen and oxygen atoms in total. The van der Waals surface area contributed by atoms with Gasteiger partial charge in [-0.15, -0.1) is 0 Å².